The van der Waals surface area contributed by atoms with Crippen molar-refractivity contribution in [3.8, 4) is 28.1 Å². The van der Waals surface area contributed by atoms with Gasteiger partial charge in [0.2, 0.25) is 0 Å². The minimum absolute atomic E-state index is 0.0158. The number of carbonyl (C=O) groups is 1. The maximum absolute atomic E-state index is 13.9. The number of nitrogens with zero attached hydrogens (tertiary/aromatic N) is 3. The number of alkyl halides is 2. The van der Waals surface area contributed by atoms with Gasteiger partial charge in [-0.2, -0.15) is 0 Å². The summed E-state index contributed by atoms with van der Waals surface area (Å²) < 4.78 is 35.7. The van der Waals surface area contributed by atoms with Gasteiger partial charge in [0.15, 0.2) is 0 Å². The minimum Gasteiger partial charge on any atom is -0.491 e. The number of carboxylic acid groups (broad SMARTS) is 1. The molecule has 11 heteroatoms. The molecule has 8 nitrogen and oxygen atoms in total. The van der Waals surface area contributed by atoms with E-state index in [0.717, 1.165) is 34.5 Å². The Kier molecular flexibility index (Phi) is 7.28. The van der Waals surface area contributed by atoms with E-state index in [1.807, 2.05) is 19.9 Å². The summed E-state index contributed by atoms with van der Waals surface area (Å²) in [4.78, 5) is 35.8. The van der Waals surface area contributed by atoms with Crippen LogP contribution in [0.4, 0.5) is 8.78 Å². The quantitative estimate of drug-likeness (QED) is 0.245. The number of H-pyrrole nitrogens is 1. The van der Waals surface area contributed by atoms with Gasteiger partial charge in [-0.3, -0.25) is 14.3 Å². The van der Waals surface area contributed by atoms with Crippen LogP contribution in [0.2, 0.25) is 5.02 Å². The predicted octanol–water partition coefficient (Wildman–Crippen LogP) is 6.37. The highest BCUT2D eigenvalue weighted by Crippen LogP contribution is 2.66. The fourth-order valence-corrected chi connectivity index (χ4v) is 7.65. The van der Waals surface area contributed by atoms with E-state index in [1.54, 1.807) is 34.9 Å². The second-order valence-corrected chi connectivity index (χ2v) is 13.3. The number of halogens is 3. The van der Waals surface area contributed by atoms with Crippen LogP contribution in [0.15, 0.2) is 41.2 Å². The van der Waals surface area contributed by atoms with Crippen molar-refractivity contribution in [2.75, 3.05) is 19.7 Å². The van der Waals surface area contributed by atoms with Crippen molar-refractivity contribution in [2.24, 2.45) is 5.41 Å². The molecule has 1 saturated carbocycles. The molecule has 0 bridgehead atoms. The lowest BCUT2D eigenvalue weighted by atomic mass is 9.87. The Morgan fingerprint density at radius 2 is 1.89 bits per heavy atom. The van der Waals surface area contributed by atoms with Crippen molar-refractivity contribution in [3.63, 3.8) is 0 Å². The summed E-state index contributed by atoms with van der Waals surface area (Å²) in [6.07, 6.45) is 3.20. The Hall–Kier alpha value is -3.76. The number of rotatable bonds is 7. The molecule has 2 aromatic rings. The lowest BCUT2D eigenvalue weighted by Gasteiger charge is -2.39. The van der Waals surface area contributed by atoms with Gasteiger partial charge in [0.05, 0.1) is 23.5 Å². The van der Waals surface area contributed by atoms with Gasteiger partial charge in [0.1, 0.15) is 18.2 Å². The first-order valence-corrected chi connectivity index (χ1v) is 15.8. The average Bonchev–Trinajstić information content (AvgIpc) is 3.29. The minimum atomic E-state index is -2.51. The van der Waals surface area contributed by atoms with Crippen LogP contribution in [0.3, 0.4) is 0 Å². The molecule has 0 amide bonds. The first-order valence-electron chi connectivity index (χ1n) is 15.5. The fourth-order valence-electron chi connectivity index (χ4n) is 7.48. The molecule has 1 aromatic heterocycles. The number of carboxylic acids is 1. The number of benzene rings is 1. The van der Waals surface area contributed by atoms with E-state index < -0.39 is 17.3 Å². The SMILES string of the molecule is Cc1cc(-c2cc(Cl)ccc2OCCn2c(C)nc3c(c2=O)CC(N2CCC4(CC2)CC4(F)F)CC3)c2ccc(C(=O)O)c-2[nH]1. The third-order valence-electron chi connectivity index (χ3n) is 10.1. The van der Waals surface area contributed by atoms with Crippen molar-refractivity contribution in [3.05, 3.63) is 80.1 Å². The van der Waals surface area contributed by atoms with Crippen molar-refractivity contribution < 1.29 is 23.4 Å². The molecule has 1 unspecified atom stereocenters. The number of ether oxygens (including phenoxy) is 1. The van der Waals surface area contributed by atoms with Crippen LogP contribution >= 0.6 is 11.6 Å². The topological polar surface area (TPSA) is 100 Å². The van der Waals surface area contributed by atoms with E-state index in [4.69, 9.17) is 21.3 Å². The van der Waals surface area contributed by atoms with Gasteiger partial charge in [-0.1, -0.05) is 17.7 Å². The fraction of sp³-hybridized carbons (Fsp3) is 0.441. The first kappa shape index (κ1) is 29.9. The standard InChI is InChI=1S/C34H35ClF2N4O4/c1-19-15-25(23-5-6-24(32(43)44)30(23)38-19)26-16-21(35)3-8-29(26)45-14-13-41-20(2)39-28-7-4-22(17-27(28)31(41)42)40-11-9-33(10-12-40)18-34(33,36)37/h3,5-6,8,15-16,22,38H,4,7,9-14,17-18H2,1-2H3,(H,43,44). The van der Waals surface area contributed by atoms with Gasteiger partial charge in [-0.05, 0) is 94.9 Å². The third-order valence-corrected chi connectivity index (χ3v) is 10.4. The summed E-state index contributed by atoms with van der Waals surface area (Å²) in [5.74, 6) is -2.34. The lowest BCUT2D eigenvalue weighted by Crippen LogP contribution is -2.47. The summed E-state index contributed by atoms with van der Waals surface area (Å²) in [7, 11) is 0. The summed E-state index contributed by atoms with van der Waals surface area (Å²) in [5, 5.41) is 10.2. The summed E-state index contributed by atoms with van der Waals surface area (Å²) in [6, 6.07) is 10.7. The van der Waals surface area contributed by atoms with E-state index in [-0.39, 0.29) is 36.7 Å². The normalized spacial score (nSPS) is 20.3. The second kappa shape index (κ2) is 10.9. The molecule has 2 aliphatic heterocycles. The van der Waals surface area contributed by atoms with E-state index in [0.29, 0.717) is 66.6 Å². The van der Waals surface area contributed by atoms with E-state index in [2.05, 4.69) is 9.88 Å². The Bertz CT molecular complexity index is 1840. The number of aromatic carboxylic acids is 1. The number of nitrogens with one attached hydrogen (secondary N) is 1. The predicted molar refractivity (Wildman–Crippen MR) is 167 cm³/mol. The van der Waals surface area contributed by atoms with Crippen molar-refractivity contribution in [2.45, 2.75) is 70.9 Å². The molecule has 5 aliphatic rings. The molecule has 3 aliphatic carbocycles. The molecule has 1 spiro atoms. The van der Waals surface area contributed by atoms with Crippen molar-refractivity contribution in [1.29, 1.82) is 0 Å². The maximum Gasteiger partial charge on any atom is 0.337 e. The Labute approximate surface area is 264 Å². The third kappa shape index (κ3) is 5.21. The molecule has 7 rings (SSSR count). The van der Waals surface area contributed by atoms with Gasteiger partial charge >= 0.3 is 5.97 Å². The largest absolute Gasteiger partial charge is 0.491 e. The van der Waals surface area contributed by atoms with E-state index in [9.17, 15) is 23.5 Å². The van der Waals surface area contributed by atoms with Crippen molar-refractivity contribution in [1.82, 2.24) is 19.4 Å². The molecule has 1 atom stereocenters. The smallest absolute Gasteiger partial charge is 0.337 e. The molecular weight excluding hydrogens is 602 g/mol. The average molecular weight is 637 g/mol. The number of aromatic amines is 1. The highest BCUT2D eigenvalue weighted by Gasteiger charge is 2.70. The zero-order chi connectivity index (χ0) is 31.7. The zero-order valence-electron chi connectivity index (χ0n) is 25.3. The number of likely N-dealkylation sites (tertiary alicyclic amines) is 1. The van der Waals surface area contributed by atoms with Crippen LogP contribution in [0.25, 0.3) is 22.4 Å². The van der Waals surface area contributed by atoms with Crippen LogP contribution in [-0.2, 0) is 19.4 Å². The number of aryl methyl sites for hydroxylation is 3. The first-order chi connectivity index (χ1) is 21.5. The molecule has 2 fully saturated rings. The van der Waals surface area contributed by atoms with E-state index in [1.165, 1.54) is 0 Å². The van der Waals surface area contributed by atoms with Crippen LogP contribution in [0, 0.1) is 19.3 Å². The van der Waals surface area contributed by atoms with Gasteiger partial charge in [0.25, 0.3) is 11.5 Å². The van der Waals surface area contributed by atoms with Gasteiger partial charge < -0.3 is 14.8 Å². The number of hydrogen-bond acceptors (Lipinski definition) is 5. The van der Waals surface area contributed by atoms with Gasteiger partial charge in [-0.25, -0.2) is 18.6 Å². The monoisotopic (exact) mass is 636 g/mol. The number of pyridine rings is 1. The molecule has 3 heterocycles. The van der Waals surface area contributed by atoms with Gasteiger partial charge in [0, 0.05) is 45.3 Å². The molecule has 2 N–H and O–H groups in total. The highest BCUT2D eigenvalue weighted by atomic mass is 35.5. The molecule has 0 radical (unpaired) electrons. The van der Waals surface area contributed by atoms with E-state index >= 15 is 0 Å². The highest BCUT2D eigenvalue weighted by molar-refractivity contribution is 6.31. The summed E-state index contributed by atoms with van der Waals surface area (Å²) in [6.45, 7) is 5.47. The molecule has 236 valence electrons. The van der Waals surface area contributed by atoms with Crippen molar-refractivity contribution >= 4 is 17.6 Å². The molecule has 45 heavy (non-hydrogen) atoms. The Morgan fingerprint density at radius 1 is 1.13 bits per heavy atom. The molecular formula is C34H35ClF2N4O4. The Balaban J connectivity index is 1.09. The number of piperidine rings is 1. The number of hydrogen-bond donors (Lipinski definition) is 2. The lowest BCUT2D eigenvalue weighted by molar-refractivity contribution is 0.0204. The van der Waals surface area contributed by atoms with Crippen LogP contribution in [0.1, 0.15) is 58.8 Å². The zero-order valence-corrected chi connectivity index (χ0v) is 26.0. The van der Waals surface area contributed by atoms with Crippen LogP contribution < -0.4 is 10.3 Å². The summed E-state index contributed by atoms with van der Waals surface area (Å²) >= 11 is 6.40. The molecule has 1 aromatic carbocycles. The summed E-state index contributed by atoms with van der Waals surface area (Å²) in [5.41, 5.74) is 4.42. The molecule has 1 saturated heterocycles. The maximum atomic E-state index is 13.9. The second-order valence-electron chi connectivity index (χ2n) is 12.8. The number of fused-ring (bicyclic) bond motifs is 2. The van der Waals surface area contributed by atoms with Crippen LogP contribution in [0.5, 0.6) is 5.75 Å². The Morgan fingerprint density at radius 3 is 2.60 bits per heavy atom. The van der Waals surface area contributed by atoms with Gasteiger partial charge in [-0.15, -0.1) is 0 Å². The number of aromatic nitrogens is 3. The van der Waals surface area contributed by atoms with Crippen LogP contribution in [-0.4, -0.2) is 62.2 Å².